The summed E-state index contributed by atoms with van der Waals surface area (Å²) in [7, 11) is 0. The first-order valence-electron chi connectivity index (χ1n) is 6.29. The van der Waals surface area contributed by atoms with Gasteiger partial charge in [0, 0.05) is 12.1 Å². The smallest absolute Gasteiger partial charge is 0.267 e. The Morgan fingerprint density at radius 1 is 1.47 bits per heavy atom. The first-order valence-corrected chi connectivity index (χ1v) is 6.83. The Bertz CT molecular complexity index is 515. The lowest BCUT2D eigenvalue weighted by atomic mass is 10.1. The van der Waals surface area contributed by atoms with Gasteiger partial charge in [0.05, 0.1) is 11.6 Å². The lowest BCUT2D eigenvalue weighted by molar-refractivity contribution is -0.125. The molecule has 19 heavy (non-hydrogen) atoms. The Labute approximate surface area is 117 Å². The van der Waals surface area contributed by atoms with Crippen molar-refractivity contribution in [1.82, 2.24) is 0 Å². The summed E-state index contributed by atoms with van der Waals surface area (Å²) < 4.78 is 5.55. The molecule has 2 rings (SSSR count). The van der Waals surface area contributed by atoms with Gasteiger partial charge in [-0.15, -0.1) is 11.6 Å². The fourth-order valence-corrected chi connectivity index (χ4v) is 2.27. The first-order chi connectivity index (χ1) is 9.08. The second-order valence-electron chi connectivity index (χ2n) is 4.49. The van der Waals surface area contributed by atoms with Crippen LogP contribution in [0.15, 0.2) is 18.2 Å². The van der Waals surface area contributed by atoms with E-state index in [4.69, 9.17) is 16.3 Å². The number of fused-ring (bicyclic) bond motifs is 1. The number of nitrogens with zero attached hydrogens (tertiary/aromatic N) is 1. The van der Waals surface area contributed by atoms with Crippen LogP contribution in [0.2, 0.25) is 0 Å². The van der Waals surface area contributed by atoms with E-state index in [0.717, 1.165) is 6.42 Å². The molecule has 0 bridgehead atoms. The van der Waals surface area contributed by atoms with Gasteiger partial charge in [-0.25, -0.2) is 0 Å². The zero-order valence-corrected chi connectivity index (χ0v) is 11.7. The van der Waals surface area contributed by atoms with Crippen molar-refractivity contribution >= 4 is 29.0 Å². The molecule has 0 fully saturated rings. The van der Waals surface area contributed by atoms with E-state index >= 15 is 0 Å². The quantitative estimate of drug-likeness (QED) is 0.630. The van der Waals surface area contributed by atoms with Gasteiger partial charge in [-0.1, -0.05) is 6.92 Å². The van der Waals surface area contributed by atoms with Crippen LogP contribution in [0.4, 0.5) is 5.69 Å². The predicted molar refractivity (Wildman–Crippen MR) is 74.2 cm³/mol. The number of alkyl halides is 1. The topological polar surface area (TPSA) is 46.6 Å². The van der Waals surface area contributed by atoms with E-state index in [2.05, 4.69) is 0 Å². The summed E-state index contributed by atoms with van der Waals surface area (Å²) >= 11 is 5.56. The molecule has 0 N–H and O–H groups in total. The highest BCUT2D eigenvalue weighted by Crippen LogP contribution is 2.35. The van der Waals surface area contributed by atoms with Gasteiger partial charge in [0.1, 0.15) is 5.75 Å². The highest BCUT2D eigenvalue weighted by Gasteiger charge is 2.31. The molecule has 0 aliphatic carbocycles. The van der Waals surface area contributed by atoms with E-state index in [1.54, 1.807) is 30.0 Å². The lowest BCUT2D eigenvalue weighted by Crippen LogP contribution is -2.44. The number of Topliss-reactive ketones (excluding diaryl/α,β-unsaturated/α-hetero) is 1. The van der Waals surface area contributed by atoms with E-state index in [1.165, 1.54) is 0 Å². The highest BCUT2D eigenvalue weighted by molar-refractivity contribution is 6.30. The molecule has 1 aromatic rings. The lowest BCUT2D eigenvalue weighted by Gasteiger charge is -2.33. The van der Waals surface area contributed by atoms with Crippen LogP contribution in [0.25, 0.3) is 0 Å². The zero-order valence-electron chi connectivity index (χ0n) is 11.0. The normalized spacial score (nSPS) is 17.9. The summed E-state index contributed by atoms with van der Waals surface area (Å²) in [6.07, 6.45) is 0.347. The van der Waals surface area contributed by atoms with E-state index in [-0.39, 0.29) is 17.6 Å². The molecule has 1 unspecified atom stereocenters. The number of rotatable bonds is 4. The number of ether oxygens (including phenoxy) is 1. The Morgan fingerprint density at radius 2 is 2.21 bits per heavy atom. The highest BCUT2D eigenvalue weighted by atomic mass is 35.5. The number of anilines is 1. The predicted octanol–water partition coefficient (Wildman–Crippen LogP) is 2.63. The molecule has 1 aliphatic rings. The van der Waals surface area contributed by atoms with Crippen molar-refractivity contribution in [2.75, 3.05) is 17.3 Å². The van der Waals surface area contributed by atoms with Gasteiger partial charge in [0.25, 0.3) is 5.91 Å². The van der Waals surface area contributed by atoms with Gasteiger partial charge in [-0.2, -0.15) is 0 Å². The monoisotopic (exact) mass is 281 g/mol. The first kappa shape index (κ1) is 13.9. The fourth-order valence-electron chi connectivity index (χ4n) is 2.11. The van der Waals surface area contributed by atoms with Gasteiger partial charge in [0.2, 0.25) is 0 Å². The van der Waals surface area contributed by atoms with Crippen LogP contribution in [-0.4, -0.2) is 30.2 Å². The van der Waals surface area contributed by atoms with Crippen LogP contribution in [0.1, 0.15) is 30.6 Å². The Kier molecular flexibility index (Phi) is 4.10. The summed E-state index contributed by atoms with van der Waals surface area (Å²) in [6, 6.07) is 5.08. The number of amides is 1. The summed E-state index contributed by atoms with van der Waals surface area (Å²) in [5.74, 6) is 0.320. The summed E-state index contributed by atoms with van der Waals surface area (Å²) in [4.78, 5) is 25.4. The molecule has 102 valence electrons. The second-order valence-corrected chi connectivity index (χ2v) is 4.76. The summed E-state index contributed by atoms with van der Waals surface area (Å²) in [5.41, 5.74) is 1.15. The molecule has 0 aromatic heterocycles. The van der Waals surface area contributed by atoms with Gasteiger partial charge in [-0.3, -0.25) is 9.59 Å². The molecule has 1 amide bonds. The van der Waals surface area contributed by atoms with E-state index < -0.39 is 6.10 Å². The van der Waals surface area contributed by atoms with Crippen molar-refractivity contribution < 1.29 is 14.3 Å². The van der Waals surface area contributed by atoms with Crippen LogP contribution in [0, 0.1) is 0 Å². The molecule has 0 spiro atoms. The minimum atomic E-state index is -0.492. The fraction of sp³-hybridized carbons (Fsp3) is 0.429. The van der Waals surface area contributed by atoms with E-state index in [0.29, 0.717) is 23.5 Å². The Hall–Kier alpha value is -1.55. The second kappa shape index (κ2) is 5.61. The average molecular weight is 282 g/mol. The Balaban J connectivity index is 2.45. The van der Waals surface area contributed by atoms with Crippen molar-refractivity contribution in [3.63, 3.8) is 0 Å². The van der Waals surface area contributed by atoms with Crippen molar-refractivity contribution in [2.45, 2.75) is 26.4 Å². The maximum absolute atomic E-state index is 12.1. The summed E-state index contributed by atoms with van der Waals surface area (Å²) in [5, 5.41) is 0. The largest absolute Gasteiger partial charge is 0.479 e. The van der Waals surface area contributed by atoms with Gasteiger partial charge < -0.3 is 9.64 Å². The molecule has 5 heteroatoms. The molecular formula is C14H16ClNO3. The number of carbonyl (C=O) groups excluding carboxylic acids is 2. The van der Waals surface area contributed by atoms with E-state index in [1.807, 2.05) is 6.92 Å². The molecule has 1 atom stereocenters. The number of ketones is 1. The molecule has 0 radical (unpaired) electrons. The number of halogens is 1. The molecule has 1 aromatic carbocycles. The standard InChI is InChI=1S/C14H16ClNO3/c1-3-6-16-11-7-10(12(17)8-15)4-5-13(11)19-9(2)14(16)18/h4-5,7,9H,3,6,8H2,1-2H3. The summed E-state index contributed by atoms with van der Waals surface area (Å²) in [6.45, 7) is 4.34. The molecule has 1 heterocycles. The van der Waals surface area contributed by atoms with Crippen LogP contribution >= 0.6 is 11.6 Å². The van der Waals surface area contributed by atoms with E-state index in [9.17, 15) is 9.59 Å². The molecule has 0 saturated heterocycles. The maximum Gasteiger partial charge on any atom is 0.267 e. The number of carbonyl (C=O) groups is 2. The van der Waals surface area contributed by atoms with Gasteiger partial charge in [0.15, 0.2) is 11.9 Å². The third kappa shape index (κ3) is 2.59. The number of benzene rings is 1. The van der Waals surface area contributed by atoms with Crippen LogP contribution in [0.5, 0.6) is 5.75 Å². The molecular weight excluding hydrogens is 266 g/mol. The number of hydrogen-bond acceptors (Lipinski definition) is 3. The van der Waals surface area contributed by atoms with Gasteiger partial charge in [-0.05, 0) is 31.5 Å². The molecule has 4 nitrogen and oxygen atoms in total. The molecule has 0 saturated carbocycles. The van der Waals surface area contributed by atoms with Crippen molar-refractivity contribution in [1.29, 1.82) is 0 Å². The Morgan fingerprint density at radius 3 is 2.84 bits per heavy atom. The van der Waals surface area contributed by atoms with Crippen molar-refractivity contribution in [3.05, 3.63) is 23.8 Å². The molecule has 1 aliphatic heterocycles. The SMILES string of the molecule is CCCN1C(=O)C(C)Oc2ccc(C(=O)CCl)cc21. The minimum absolute atomic E-state index is 0.0717. The van der Waals surface area contributed by atoms with Crippen LogP contribution in [-0.2, 0) is 4.79 Å². The number of hydrogen-bond donors (Lipinski definition) is 0. The third-order valence-corrected chi connectivity index (χ3v) is 3.30. The minimum Gasteiger partial charge on any atom is -0.479 e. The van der Waals surface area contributed by atoms with Crippen molar-refractivity contribution in [3.8, 4) is 5.75 Å². The van der Waals surface area contributed by atoms with Gasteiger partial charge >= 0.3 is 0 Å². The van der Waals surface area contributed by atoms with Crippen LogP contribution in [0.3, 0.4) is 0 Å². The average Bonchev–Trinajstić information content (AvgIpc) is 2.42. The zero-order chi connectivity index (χ0) is 14.0. The maximum atomic E-state index is 12.1. The third-order valence-electron chi connectivity index (χ3n) is 3.06. The van der Waals surface area contributed by atoms with Crippen molar-refractivity contribution in [2.24, 2.45) is 0 Å². The van der Waals surface area contributed by atoms with Crippen LogP contribution < -0.4 is 9.64 Å².